The first-order valence-corrected chi connectivity index (χ1v) is 7.21. The van der Waals surface area contributed by atoms with Crippen LogP contribution in [0.25, 0.3) is 0 Å². The van der Waals surface area contributed by atoms with Crippen molar-refractivity contribution >= 4 is 11.8 Å². The fraction of sp³-hybridized carbons (Fsp3) is 0.667. The Morgan fingerprint density at radius 1 is 1.33 bits per heavy atom. The highest BCUT2D eigenvalue weighted by atomic mass is 16.2. The van der Waals surface area contributed by atoms with Crippen LogP contribution in [0.2, 0.25) is 0 Å². The molecule has 1 aliphatic rings. The Morgan fingerprint density at radius 3 is 2.43 bits per heavy atom. The molecule has 2 heterocycles. The van der Waals surface area contributed by atoms with Gasteiger partial charge < -0.3 is 10.2 Å². The van der Waals surface area contributed by atoms with E-state index in [0.29, 0.717) is 6.54 Å². The molecule has 2 amide bonds. The molecule has 1 aliphatic heterocycles. The minimum Gasteiger partial charge on any atom is -0.342 e. The monoisotopic (exact) mass is 292 g/mol. The van der Waals surface area contributed by atoms with Crippen molar-refractivity contribution in [3.63, 3.8) is 0 Å². The number of aromatic nitrogens is 2. The van der Waals surface area contributed by atoms with Crippen molar-refractivity contribution < 1.29 is 9.59 Å². The Labute approximate surface area is 125 Å². The second-order valence-corrected chi connectivity index (χ2v) is 6.85. The number of nitrogens with zero attached hydrogens (tertiary/aromatic N) is 3. The molecule has 0 radical (unpaired) electrons. The van der Waals surface area contributed by atoms with Gasteiger partial charge in [0.05, 0.1) is 17.9 Å². The smallest absolute Gasteiger partial charge is 0.246 e. The van der Waals surface area contributed by atoms with E-state index in [1.807, 2.05) is 40.8 Å². The maximum atomic E-state index is 12.7. The molecular weight excluding hydrogens is 268 g/mol. The van der Waals surface area contributed by atoms with Crippen LogP contribution >= 0.6 is 0 Å². The molecule has 116 valence electrons. The van der Waals surface area contributed by atoms with Gasteiger partial charge in [-0.1, -0.05) is 20.8 Å². The van der Waals surface area contributed by atoms with E-state index in [0.717, 1.165) is 11.4 Å². The van der Waals surface area contributed by atoms with Gasteiger partial charge in [0.1, 0.15) is 12.1 Å². The Bertz CT molecular complexity index is 571. The molecule has 0 saturated carbocycles. The Morgan fingerprint density at radius 2 is 1.95 bits per heavy atom. The van der Waals surface area contributed by atoms with Gasteiger partial charge in [0.15, 0.2) is 0 Å². The highest BCUT2D eigenvalue weighted by molar-refractivity contribution is 5.97. The standard InChI is InChI=1S/C15H24N4O2/c1-9-7-11(18(6)17-9)8-19-10(2)13(20)16-12(14(19)21)15(3,4)5/h7,10,12H,8H2,1-6H3,(H,16,20). The maximum absolute atomic E-state index is 12.7. The van der Waals surface area contributed by atoms with Crippen LogP contribution in [-0.2, 0) is 23.2 Å². The third kappa shape index (κ3) is 2.94. The summed E-state index contributed by atoms with van der Waals surface area (Å²) in [6.45, 7) is 9.94. The Hall–Kier alpha value is -1.85. The van der Waals surface area contributed by atoms with Crippen LogP contribution in [0.5, 0.6) is 0 Å². The lowest BCUT2D eigenvalue weighted by molar-refractivity contribution is -0.152. The minimum absolute atomic E-state index is 0.0338. The van der Waals surface area contributed by atoms with E-state index in [1.54, 1.807) is 16.5 Å². The van der Waals surface area contributed by atoms with Crippen LogP contribution in [0.4, 0.5) is 0 Å². The van der Waals surface area contributed by atoms with Gasteiger partial charge in [-0.15, -0.1) is 0 Å². The van der Waals surface area contributed by atoms with Gasteiger partial charge in [-0.05, 0) is 25.3 Å². The molecule has 0 aliphatic carbocycles. The van der Waals surface area contributed by atoms with E-state index < -0.39 is 12.1 Å². The van der Waals surface area contributed by atoms with Gasteiger partial charge in [0, 0.05) is 7.05 Å². The van der Waals surface area contributed by atoms with E-state index in [9.17, 15) is 9.59 Å². The van der Waals surface area contributed by atoms with Crippen LogP contribution < -0.4 is 5.32 Å². The number of aryl methyl sites for hydroxylation is 2. The van der Waals surface area contributed by atoms with Crippen molar-refractivity contribution in [1.29, 1.82) is 0 Å². The second-order valence-electron chi connectivity index (χ2n) is 6.85. The first-order valence-electron chi connectivity index (χ1n) is 7.21. The molecule has 0 aromatic carbocycles. The number of hydrogen-bond acceptors (Lipinski definition) is 3. The summed E-state index contributed by atoms with van der Waals surface area (Å²) in [5, 5.41) is 7.13. The molecule has 1 aromatic rings. The zero-order valence-electron chi connectivity index (χ0n) is 13.6. The fourth-order valence-electron chi connectivity index (χ4n) is 2.61. The quantitative estimate of drug-likeness (QED) is 0.884. The molecule has 1 N–H and O–H groups in total. The number of rotatable bonds is 2. The zero-order valence-corrected chi connectivity index (χ0v) is 13.6. The van der Waals surface area contributed by atoms with Gasteiger partial charge in [-0.25, -0.2) is 0 Å². The highest BCUT2D eigenvalue weighted by Gasteiger charge is 2.43. The summed E-state index contributed by atoms with van der Waals surface area (Å²) >= 11 is 0. The van der Waals surface area contributed by atoms with Crippen LogP contribution in [-0.4, -0.2) is 38.6 Å². The second kappa shape index (κ2) is 5.16. The lowest BCUT2D eigenvalue weighted by atomic mass is 9.84. The molecule has 0 spiro atoms. The molecule has 6 heteroatoms. The van der Waals surface area contributed by atoms with E-state index >= 15 is 0 Å². The van der Waals surface area contributed by atoms with Gasteiger partial charge in [-0.2, -0.15) is 5.10 Å². The molecule has 0 bridgehead atoms. The van der Waals surface area contributed by atoms with Crippen LogP contribution in [0, 0.1) is 12.3 Å². The normalized spacial score (nSPS) is 23.4. The van der Waals surface area contributed by atoms with E-state index in [1.165, 1.54) is 0 Å². The largest absolute Gasteiger partial charge is 0.342 e. The maximum Gasteiger partial charge on any atom is 0.246 e. The van der Waals surface area contributed by atoms with Crippen LogP contribution in [0.1, 0.15) is 39.1 Å². The third-order valence-electron chi connectivity index (χ3n) is 3.96. The Balaban J connectivity index is 2.29. The summed E-state index contributed by atoms with van der Waals surface area (Å²) in [6, 6.07) is 0.986. The van der Waals surface area contributed by atoms with Gasteiger partial charge in [0.25, 0.3) is 0 Å². The number of carbonyl (C=O) groups excluding carboxylic acids is 2. The van der Waals surface area contributed by atoms with Crippen LogP contribution in [0.15, 0.2) is 6.07 Å². The van der Waals surface area contributed by atoms with Gasteiger partial charge in [-0.3, -0.25) is 14.3 Å². The number of nitrogens with one attached hydrogen (secondary N) is 1. The minimum atomic E-state index is -0.490. The molecule has 1 aromatic heterocycles. The van der Waals surface area contributed by atoms with Gasteiger partial charge >= 0.3 is 0 Å². The molecule has 1 saturated heterocycles. The van der Waals surface area contributed by atoms with Crippen molar-refractivity contribution in [3.05, 3.63) is 17.5 Å². The molecule has 6 nitrogen and oxygen atoms in total. The lowest BCUT2D eigenvalue weighted by Gasteiger charge is -2.42. The van der Waals surface area contributed by atoms with Crippen molar-refractivity contribution in [2.75, 3.05) is 0 Å². The molecule has 2 rings (SSSR count). The highest BCUT2D eigenvalue weighted by Crippen LogP contribution is 2.26. The van der Waals surface area contributed by atoms with Crippen molar-refractivity contribution in [2.24, 2.45) is 12.5 Å². The topological polar surface area (TPSA) is 67.2 Å². The molecule has 2 atom stereocenters. The molecule has 21 heavy (non-hydrogen) atoms. The summed E-state index contributed by atoms with van der Waals surface area (Å²) in [4.78, 5) is 26.5. The lowest BCUT2D eigenvalue weighted by Crippen LogP contribution is -2.65. The summed E-state index contributed by atoms with van der Waals surface area (Å²) in [5.41, 5.74) is 1.52. The number of carbonyl (C=O) groups is 2. The number of piperazine rings is 1. The summed E-state index contributed by atoms with van der Waals surface area (Å²) in [7, 11) is 1.85. The van der Waals surface area contributed by atoms with E-state index in [2.05, 4.69) is 10.4 Å². The summed E-state index contributed by atoms with van der Waals surface area (Å²) in [6.07, 6.45) is 0. The predicted octanol–water partition coefficient (Wildman–Crippen LogP) is 0.990. The zero-order chi connectivity index (χ0) is 15.9. The van der Waals surface area contributed by atoms with E-state index in [-0.39, 0.29) is 17.2 Å². The number of hydrogen-bond donors (Lipinski definition) is 1. The number of amides is 2. The van der Waals surface area contributed by atoms with Crippen LogP contribution in [0.3, 0.4) is 0 Å². The fourth-order valence-corrected chi connectivity index (χ4v) is 2.61. The van der Waals surface area contributed by atoms with E-state index in [4.69, 9.17) is 0 Å². The average molecular weight is 292 g/mol. The van der Waals surface area contributed by atoms with Gasteiger partial charge in [0.2, 0.25) is 11.8 Å². The molecule has 2 unspecified atom stereocenters. The van der Waals surface area contributed by atoms with Crippen molar-refractivity contribution in [3.8, 4) is 0 Å². The Kier molecular flexibility index (Phi) is 3.82. The molecular formula is C15H24N4O2. The van der Waals surface area contributed by atoms with Crippen molar-refractivity contribution in [2.45, 2.75) is 53.2 Å². The molecule has 1 fully saturated rings. The van der Waals surface area contributed by atoms with Crippen molar-refractivity contribution in [1.82, 2.24) is 20.0 Å². The SMILES string of the molecule is Cc1cc(CN2C(=O)C(C(C)(C)C)NC(=O)C2C)n(C)n1. The third-order valence-corrected chi connectivity index (χ3v) is 3.96. The average Bonchev–Trinajstić information content (AvgIpc) is 2.66. The first-order chi connectivity index (χ1) is 9.61. The summed E-state index contributed by atoms with van der Waals surface area (Å²) < 4.78 is 1.76. The first kappa shape index (κ1) is 15.5. The predicted molar refractivity (Wildman–Crippen MR) is 79.3 cm³/mol. The summed E-state index contributed by atoms with van der Waals surface area (Å²) in [5.74, 6) is -0.137.